The number of ether oxygens (including phenoxy) is 3. The predicted molar refractivity (Wildman–Crippen MR) is 112 cm³/mol. The van der Waals surface area contributed by atoms with Crippen LogP contribution in [-0.2, 0) is 4.74 Å². The van der Waals surface area contributed by atoms with Crippen LogP contribution >= 0.6 is 0 Å². The number of hydrogen-bond acceptors (Lipinski definition) is 11. The van der Waals surface area contributed by atoms with E-state index in [1.54, 1.807) is 12.1 Å². The molecule has 2 aromatic carbocycles. The van der Waals surface area contributed by atoms with Gasteiger partial charge in [0.05, 0.1) is 13.7 Å². The van der Waals surface area contributed by atoms with Crippen LogP contribution in [0.25, 0.3) is 22.3 Å². The maximum absolute atomic E-state index is 12.8. The molecule has 1 saturated heterocycles. The number of aliphatic hydroxyl groups excluding tert-OH is 4. The Balaban J connectivity index is 1.77. The van der Waals surface area contributed by atoms with Crippen molar-refractivity contribution in [3.63, 3.8) is 0 Å². The number of phenols is 2. The van der Waals surface area contributed by atoms with E-state index in [2.05, 4.69) is 0 Å². The maximum Gasteiger partial charge on any atom is 0.229 e. The van der Waals surface area contributed by atoms with Crippen LogP contribution in [0.15, 0.2) is 45.6 Å². The average Bonchev–Trinajstić information content (AvgIpc) is 2.80. The molecular weight excluding hydrogens is 440 g/mol. The lowest BCUT2D eigenvalue weighted by atomic mass is 9.99. The highest BCUT2D eigenvalue weighted by Crippen LogP contribution is 2.43. The number of rotatable bonds is 5. The van der Waals surface area contributed by atoms with Gasteiger partial charge in [0, 0.05) is 17.7 Å². The molecule has 176 valence electrons. The quantitative estimate of drug-likeness (QED) is 0.302. The molecule has 11 heteroatoms. The van der Waals surface area contributed by atoms with Gasteiger partial charge in [0.15, 0.2) is 16.9 Å². The van der Waals surface area contributed by atoms with Crippen molar-refractivity contribution < 1.29 is 49.3 Å². The van der Waals surface area contributed by atoms with Gasteiger partial charge in [0.2, 0.25) is 12.0 Å². The first-order valence-corrected chi connectivity index (χ1v) is 9.89. The molecule has 3 aromatic rings. The van der Waals surface area contributed by atoms with Gasteiger partial charge in [-0.1, -0.05) is 0 Å². The van der Waals surface area contributed by atoms with Crippen LogP contribution in [0.4, 0.5) is 0 Å². The SMILES string of the molecule is COc1cc2oc(-c3ccc(O)cc3)cc(=O)c2c(O)c1O[C@@H]1OC(CO)[C@H](O)[C@H](O)C1O. The van der Waals surface area contributed by atoms with E-state index in [1.165, 1.54) is 25.3 Å². The predicted octanol–water partition coefficient (Wildman–Crippen LogP) is 0.0585. The summed E-state index contributed by atoms with van der Waals surface area (Å²) in [5.41, 5.74) is -0.133. The van der Waals surface area contributed by atoms with Crippen molar-refractivity contribution in [3.8, 4) is 34.3 Å². The van der Waals surface area contributed by atoms with Gasteiger partial charge < -0.3 is 49.3 Å². The van der Waals surface area contributed by atoms with Crippen molar-refractivity contribution in [1.29, 1.82) is 0 Å². The number of fused-ring (bicyclic) bond motifs is 1. The van der Waals surface area contributed by atoms with Crippen molar-refractivity contribution >= 4 is 11.0 Å². The molecule has 0 radical (unpaired) electrons. The van der Waals surface area contributed by atoms with Gasteiger partial charge >= 0.3 is 0 Å². The van der Waals surface area contributed by atoms with E-state index < -0.39 is 48.5 Å². The highest BCUT2D eigenvalue weighted by atomic mass is 16.7. The van der Waals surface area contributed by atoms with Gasteiger partial charge in [-0.05, 0) is 24.3 Å². The zero-order valence-electron chi connectivity index (χ0n) is 17.3. The molecule has 0 spiro atoms. The van der Waals surface area contributed by atoms with Crippen molar-refractivity contribution in [1.82, 2.24) is 0 Å². The van der Waals surface area contributed by atoms with Crippen LogP contribution in [0.5, 0.6) is 23.0 Å². The Morgan fingerprint density at radius 3 is 2.33 bits per heavy atom. The smallest absolute Gasteiger partial charge is 0.229 e. The molecule has 33 heavy (non-hydrogen) atoms. The summed E-state index contributed by atoms with van der Waals surface area (Å²) in [5, 5.41) is 59.5. The molecule has 2 heterocycles. The van der Waals surface area contributed by atoms with Crippen LogP contribution in [-0.4, -0.2) is 75.1 Å². The van der Waals surface area contributed by atoms with Crippen LogP contribution in [0, 0.1) is 0 Å². The topological polar surface area (TPSA) is 179 Å². The van der Waals surface area contributed by atoms with E-state index in [0.717, 1.165) is 6.07 Å². The van der Waals surface area contributed by atoms with E-state index in [1.807, 2.05) is 0 Å². The average molecular weight is 462 g/mol. The van der Waals surface area contributed by atoms with E-state index >= 15 is 0 Å². The number of aliphatic hydroxyl groups is 4. The lowest BCUT2D eigenvalue weighted by Crippen LogP contribution is -2.60. The molecule has 11 nitrogen and oxygen atoms in total. The third-order valence-electron chi connectivity index (χ3n) is 5.37. The van der Waals surface area contributed by atoms with E-state index in [4.69, 9.17) is 18.6 Å². The standard InChI is InChI=1S/C22H22O11/c1-30-14-7-13-16(11(25)6-12(31-13)9-2-4-10(24)5-3-9)18(27)21(14)33-22-20(29)19(28)17(26)15(8-23)32-22/h2-7,15,17,19-20,22-24,26-29H,8H2,1H3/t15?,17-,19-,20?,22-/m0/s1. The number of benzene rings is 2. The fourth-order valence-corrected chi connectivity index (χ4v) is 3.58. The van der Waals surface area contributed by atoms with Crippen molar-refractivity contribution in [2.75, 3.05) is 13.7 Å². The summed E-state index contributed by atoms with van der Waals surface area (Å²) >= 11 is 0. The maximum atomic E-state index is 12.8. The molecule has 1 fully saturated rings. The fraction of sp³-hybridized carbons (Fsp3) is 0.318. The summed E-state index contributed by atoms with van der Waals surface area (Å²) in [7, 11) is 1.27. The minimum atomic E-state index is -1.74. The third kappa shape index (κ3) is 4.08. The molecule has 2 unspecified atom stereocenters. The van der Waals surface area contributed by atoms with Crippen LogP contribution in [0.1, 0.15) is 0 Å². The Kier molecular flexibility index (Phi) is 6.15. The Hall–Kier alpha value is -3.35. The summed E-state index contributed by atoms with van der Waals surface area (Å²) < 4.78 is 21.8. The second kappa shape index (κ2) is 8.89. The molecule has 4 rings (SSSR count). The first kappa shape index (κ1) is 22.8. The summed E-state index contributed by atoms with van der Waals surface area (Å²) in [6, 6.07) is 8.39. The Morgan fingerprint density at radius 2 is 1.70 bits per heavy atom. The van der Waals surface area contributed by atoms with Crippen molar-refractivity contribution in [2.24, 2.45) is 0 Å². The largest absolute Gasteiger partial charge is 0.508 e. The molecule has 6 N–H and O–H groups in total. The number of hydrogen-bond donors (Lipinski definition) is 6. The molecule has 0 bridgehead atoms. The van der Waals surface area contributed by atoms with Crippen molar-refractivity contribution in [3.05, 3.63) is 46.6 Å². The van der Waals surface area contributed by atoms with E-state index in [9.17, 15) is 35.4 Å². The molecule has 1 aliphatic heterocycles. The molecule has 0 amide bonds. The first-order valence-electron chi connectivity index (χ1n) is 9.89. The Labute approximate surface area is 186 Å². The summed E-state index contributed by atoms with van der Waals surface area (Å²) in [6.45, 7) is -0.671. The molecule has 1 aromatic heterocycles. The number of methoxy groups -OCH3 is 1. The van der Waals surface area contributed by atoms with Gasteiger partial charge in [0.1, 0.15) is 46.9 Å². The van der Waals surface area contributed by atoms with E-state index in [-0.39, 0.29) is 34.0 Å². The summed E-state index contributed by atoms with van der Waals surface area (Å²) in [4.78, 5) is 12.8. The molecule has 0 saturated carbocycles. The third-order valence-corrected chi connectivity index (χ3v) is 5.37. The zero-order valence-corrected chi connectivity index (χ0v) is 17.3. The van der Waals surface area contributed by atoms with Crippen molar-refractivity contribution in [2.45, 2.75) is 30.7 Å². The van der Waals surface area contributed by atoms with Gasteiger partial charge in [0.25, 0.3) is 0 Å². The highest BCUT2D eigenvalue weighted by molar-refractivity contribution is 5.89. The van der Waals surface area contributed by atoms with Gasteiger partial charge in [-0.3, -0.25) is 4.79 Å². The highest BCUT2D eigenvalue weighted by Gasteiger charge is 2.45. The second-order valence-electron chi connectivity index (χ2n) is 7.47. The second-order valence-corrected chi connectivity index (χ2v) is 7.47. The minimum Gasteiger partial charge on any atom is -0.508 e. The fourth-order valence-electron chi connectivity index (χ4n) is 3.58. The number of aromatic hydroxyl groups is 2. The van der Waals surface area contributed by atoms with Crippen LogP contribution in [0.3, 0.4) is 0 Å². The first-order chi connectivity index (χ1) is 15.7. The normalized spacial score (nSPS) is 25.2. The number of phenolic OH excluding ortho intramolecular Hbond substituents is 2. The Bertz CT molecular complexity index is 1200. The molecule has 5 atom stereocenters. The van der Waals surface area contributed by atoms with Gasteiger partial charge in [-0.2, -0.15) is 0 Å². The lowest BCUT2D eigenvalue weighted by Gasteiger charge is -2.39. The molecule has 1 aliphatic rings. The van der Waals surface area contributed by atoms with Gasteiger partial charge in [-0.25, -0.2) is 0 Å². The monoisotopic (exact) mass is 462 g/mol. The summed E-state index contributed by atoms with van der Waals surface area (Å²) in [6.07, 6.45) is -7.88. The lowest BCUT2D eigenvalue weighted by molar-refractivity contribution is -0.277. The van der Waals surface area contributed by atoms with Crippen LogP contribution < -0.4 is 14.9 Å². The van der Waals surface area contributed by atoms with E-state index in [0.29, 0.717) is 5.56 Å². The minimum absolute atomic E-state index is 0.0268. The Morgan fingerprint density at radius 1 is 1.00 bits per heavy atom. The molecule has 0 aliphatic carbocycles. The summed E-state index contributed by atoms with van der Waals surface area (Å²) in [5.74, 6) is -0.901. The van der Waals surface area contributed by atoms with Gasteiger partial charge in [-0.15, -0.1) is 0 Å². The van der Waals surface area contributed by atoms with Crippen LogP contribution in [0.2, 0.25) is 0 Å². The molecular formula is C22H22O11. The zero-order chi connectivity index (χ0) is 23.9.